The molecule has 0 heterocycles. The summed E-state index contributed by atoms with van der Waals surface area (Å²) in [5, 5.41) is 0. The first-order valence-electron chi connectivity index (χ1n) is 9.30. The van der Waals surface area contributed by atoms with E-state index in [4.69, 9.17) is 0 Å². The molecule has 0 nitrogen and oxygen atoms in total. The monoisotopic (exact) mass is 312 g/mol. The molecule has 0 bridgehead atoms. The molecule has 0 fully saturated rings. The summed E-state index contributed by atoms with van der Waals surface area (Å²) in [6.07, 6.45) is 3.28. The molecule has 0 aromatic heterocycles. The second kappa shape index (κ2) is 11.9. The summed E-state index contributed by atoms with van der Waals surface area (Å²) in [6.45, 7) is 16.9. The highest BCUT2D eigenvalue weighted by Crippen LogP contribution is 2.20. The number of rotatable bonds is 4. The lowest BCUT2D eigenvalue weighted by molar-refractivity contribution is 1.06. The van der Waals surface area contributed by atoms with Crippen LogP contribution in [0.15, 0.2) is 36.4 Å². The summed E-state index contributed by atoms with van der Waals surface area (Å²) in [6, 6.07) is 13.7. The zero-order valence-corrected chi connectivity index (χ0v) is 16.6. The van der Waals surface area contributed by atoms with Crippen molar-refractivity contribution in [2.24, 2.45) is 0 Å². The van der Waals surface area contributed by atoms with E-state index in [0.717, 1.165) is 19.3 Å². The van der Waals surface area contributed by atoms with Crippen LogP contribution in [0, 0.1) is 13.8 Å². The van der Waals surface area contributed by atoms with E-state index in [-0.39, 0.29) is 0 Å². The Kier molecular flexibility index (Phi) is 11.1. The number of aryl methyl sites for hydroxylation is 3. The standard InChI is InChI=1S/C19H24.2C2H6/c1-5-16-7-9-17(10-8-16)13-18-11-14(3)19(6-2)15(4)12-18;2*1-2/h7-12H,5-6,13H2,1-4H3;2*1-2H3. The molecule has 0 spiro atoms. The van der Waals surface area contributed by atoms with E-state index in [0.29, 0.717) is 0 Å². The summed E-state index contributed by atoms with van der Waals surface area (Å²) < 4.78 is 0. The lowest BCUT2D eigenvalue weighted by Gasteiger charge is -2.11. The third kappa shape index (κ3) is 6.60. The first-order chi connectivity index (χ1) is 11.1. The molecule has 0 atom stereocenters. The minimum atomic E-state index is 1.04. The summed E-state index contributed by atoms with van der Waals surface area (Å²) in [7, 11) is 0. The normalized spacial score (nSPS) is 9.39. The van der Waals surface area contributed by atoms with E-state index in [1.165, 1.54) is 33.4 Å². The fraction of sp³-hybridized carbons (Fsp3) is 0.478. The summed E-state index contributed by atoms with van der Waals surface area (Å²) >= 11 is 0. The Morgan fingerprint density at radius 3 is 1.43 bits per heavy atom. The molecule has 0 heteroatoms. The first-order valence-corrected chi connectivity index (χ1v) is 9.30. The highest BCUT2D eigenvalue weighted by atomic mass is 14.1. The molecule has 0 radical (unpaired) electrons. The quantitative estimate of drug-likeness (QED) is 0.566. The van der Waals surface area contributed by atoms with Gasteiger partial charge in [-0.25, -0.2) is 0 Å². The van der Waals surface area contributed by atoms with Gasteiger partial charge in [0.2, 0.25) is 0 Å². The van der Waals surface area contributed by atoms with Crippen LogP contribution in [0.3, 0.4) is 0 Å². The van der Waals surface area contributed by atoms with Crippen molar-refractivity contribution >= 4 is 0 Å². The van der Waals surface area contributed by atoms with Gasteiger partial charge in [-0.3, -0.25) is 0 Å². The average molecular weight is 313 g/mol. The van der Waals surface area contributed by atoms with Crippen LogP contribution in [-0.2, 0) is 19.3 Å². The lowest BCUT2D eigenvalue weighted by atomic mass is 9.94. The molecular weight excluding hydrogens is 276 g/mol. The molecule has 0 saturated heterocycles. The second-order valence-electron chi connectivity index (χ2n) is 5.41. The lowest BCUT2D eigenvalue weighted by Crippen LogP contribution is -1.96. The van der Waals surface area contributed by atoms with E-state index in [9.17, 15) is 0 Å². The molecule has 0 unspecified atom stereocenters. The summed E-state index contributed by atoms with van der Waals surface area (Å²) in [4.78, 5) is 0. The van der Waals surface area contributed by atoms with Crippen LogP contribution in [0.5, 0.6) is 0 Å². The molecule has 128 valence electrons. The SMILES string of the molecule is CC.CC.CCc1ccc(Cc2cc(C)c(CC)c(C)c2)cc1. The molecule has 0 aliphatic rings. The molecule has 0 aliphatic carbocycles. The van der Waals surface area contributed by atoms with Gasteiger partial charge in [0.15, 0.2) is 0 Å². The topological polar surface area (TPSA) is 0 Å². The van der Waals surface area contributed by atoms with Crippen LogP contribution in [0.2, 0.25) is 0 Å². The van der Waals surface area contributed by atoms with Gasteiger partial charge in [0, 0.05) is 0 Å². The molecular formula is C23H36. The molecule has 0 N–H and O–H groups in total. The van der Waals surface area contributed by atoms with Crippen molar-refractivity contribution in [2.45, 2.75) is 74.7 Å². The van der Waals surface area contributed by atoms with Gasteiger partial charge in [0.25, 0.3) is 0 Å². The van der Waals surface area contributed by atoms with Gasteiger partial charge in [-0.2, -0.15) is 0 Å². The zero-order chi connectivity index (χ0) is 17.8. The molecule has 23 heavy (non-hydrogen) atoms. The van der Waals surface area contributed by atoms with E-state index < -0.39 is 0 Å². The smallest absolute Gasteiger partial charge is 0.00256 e. The van der Waals surface area contributed by atoms with Gasteiger partial charge in [0.1, 0.15) is 0 Å². The Bertz CT molecular complexity index is 524. The van der Waals surface area contributed by atoms with Crippen molar-refractivity contribution in [3.63, 3.8) is 0 Å². The van der Waals surface area contributed by atoms with Crippen LogP contribution in [-0.4, -0.2) is 0 Å². The van der Waals surface area contributed by atoms with Crippen LogP contribution in [0.25, 0.3) is 0 Å². The molecule has 2 aromatic rings. The number of hydrogen-bond donors (Lipinski definition) is 0. The Morgan fingerprint density at radius 2 is 1.04 bits per heavy atom. The van der Waals surface area contributed by atoms with Crippen LogP contribution < -0.4 is 0 Å². The van der Waals surface area contributed by atoms with Crippen molar-refractivity contribution in [3.05, 3.63) is 69.8 Å². The van der Waals surface area contributed by atoms with Crippen LogP contribution >= 0.6 is 0 Å². The Hall–Kier alpha value is -1.56. The van der Waals surface area contributed by atoms with Gasteiger partial charge in [-0.1, -0.05) is 77.9 Å². The molecule has 2 rings (SSSR count). The van der Waals surface area contributed by atoms with Gasteiger partial charge in [0.05, 0.1) is 0 Å². The van der Waals surface area contributed by atoms with E-state index in [2.05, 4.69) is 64.1 Å². The van der Waals surface area contributed by atoms with Gasteiger partial charge in [-0.05, 0) is 66.5 Å². The van der Waals surface area contributed by atoms with Crippen LogP contribution in [0.1, 0.15) is 74.9 Å². The molecule has 0 saturated carbocycles. The maximum Gasteiger partial charge on any atom is -0.00256 e. The Labute approximate surface area is 145 Å². The first kappa shape index (κ1) is 21.4. The Morgan fingerprint density at radius 1 is 0.609 bits per heavy atom. The second-order valence-corrected chi connectivity index (χ2v) is 5.41. The highest BCUT2D eigenvalue weighted by molar-refractivity contribution is 5.40. The van der Waals surface area contributed by atoms with Crippen molar-refractivity contribution < 1.29 is 0 Å². The maximum atomic E-state index is 2.35. The summed E-state index contributed by atoms with van der Waals surface area (Å²) in [5.74, 6) is 0. The fourth-order valence-electron chi connectivity index (χ4n) is 2.87. The third-order valence-electron chi connectivity index (χ3n) is 3.95. The maximum absolute atomic E-state index is 2.35. The van der Waals surface area contributed by atoms with Crippen molar-refractivity contribution in [2.75, 3.05) is 0 Å². The van der Waals surface area contributed by atoms with Gasteiger partial charge < -0.3 is 0 Å². The Balaban J connectivity index is 0.00000112. The summed E-state index contributed by atoms with van der Waals surface area (Å²) in [5.41, 5.74) is 8.62. The fourth-order valence-corrected chi connectivity index (χ4v) is 2.87. The van der Waals surface area contributed by atoms with Gasteiger partial charge in [-0.15, -0.1) is 0 Å². The minimum absolute atomic E-state index is 1.04. The highest BCUT2D eigenvalue weighted by Gasteiger charge is 2.04. The van der Waals surface area contributed by atoms with Crippen molar-refractivity contribution in [1.82, 2.24) is 0 Å². The van der Waals surface area contributed by atoms with Crippen molar-refractivity contribution in [1.29, 1.82) is 0 Å². The largest absolute Gasteiger partial charge is 0.0683 e. The average Bonchev–Trinajstić information content (AvgIpc) is 2.59. The predicted octanol–water partition coefficient (Wildman–Crippen LogP) is 7.07. The van der Waals surface area contributed by atoms with E-state index >= 15 is 0 Å². The zero-order valence-electron chi connectivity index (χ0n) is 16.6. The number of benzene rings is 2. The van der Waals surface area contributed by atoms with Gasteiger partial charge >= 0.3 is 0 Å². The predicted molar refractivity (Wildman–Crippen MR) is 107 cm³/mol. The number of hydrogen-bond acceptors (Lipinski definition) is 0. The van der Waals surface area contributed by atoms with E-state index in [1.807, 2.05) is 27.7 Å². The van der Waals surface area contributed by atoms with E-state index in [1.54, 1.807) is 0 Å². The third-order valence-corrected chi connectivity index (χ3v) is 3.95. The van der Waals surface area contributed by atoms with Crippen molar-refractivity contribution in [3.8, 4) is 0 Å². The molecule has 0 aliphatic heterocycles. The minimum Gasteiger partial charge on any atom is -0.0683 e. The molecule has 0 amide bonds. The molecule has 2 aromatic carbocycles. The van der Waals surface area contributed by atoms with Crippen LogP contribution in [0.4, 0.5) is 0 Å².